The number of anilines is 5. The van der Waals surface area contributed by atoms with E-state index in [1.54, 1.807) is 0 Å². The van der Waals surface area contributed by atoms with Gasteiger partial charge in [0.15, 0.2) is 11.6 Å². The molecule has 0 radical (unpaired) electrons. The zero-order valence-electron chi connectivity index (χ0n) is 13.9. The van der Waals surface area contributed by atoms with E-state index in [1.165, 1.54) is 18.2 Å². The molecule has 0 saturated carbocycles. The molecule has 28 heavy (non-hydrogen) atoms. The first-order valence-electron chi connectivity index (χ1n) is 7.66. The van der Waals surface area contributed by atoms with Crippen LogP contribution in [0.4, 0.5) is 50.6 Å². The van der Waals surface area contributed by atoms with Crippen LogP contribution in [0.15, 0.2) is 48.8 Å². The summed E-state index contributed by atoms with van der Waals surface area (Å²) in [5, 5.41) is 5.43. The molecule has 3 aromatic rings. The molecule has 0 aliphatic rings. The molecule has 0 spiro atoms. The van der Waals surface area contributed by atoms with Crippen molar-refractivity contribution in [2.75, 3.05) is 16.4 Å². The summed E-state index contributed by atoms with van der Waals surface area (Å²) in [6, 6.07) is 7.82. The Hall–Kier alpha value is -3.63. The minimum absolute atomic E-state index is 0.0156. The molecule has 0 aliphatic heterocycles. The second kappa shape index (κ2) is 7.55. The van der Waals surface area contributed by atoms with Crippen LogP contribution in [0.5, 0.6) is 5.75 Å². The number of aromatic nitrogens is 2. The Morgan fingerprint density at radius 1 is 0.893 bits per heavy atom. The van der Waals surface area contributed by atoms with Gasteiger partial charge in [0, 0.05) is 11.8 Å². The van der Waals surface area contributed by atoms with Gasteiger partial charge in [0.1, 0.15) is 29.4 Å². The largest absolute Gasteiger partial charge is 0.573 e. The average Bonchev–Trinajstić information content (AvgIpc) is 2.61. The summed E-state index contributed by atoms with van der Waals surface area (Å²) < 4.78 is 67.1. The summed E-state index contributed by atoms with van der Waals surface area (Å²) in [7, 11) is 0. The Morgan fingerprint density at radius 3 is 2.14 bits per heavy atom. The minimum atomic E-state index is -4.79. The number of ether oxygens (including phenoxy) is 1. The SMILES string of the molecule is Nc1c(Nc2ccc(OC(F)(F)F)cc2)ncnc1Nc1ccc(F)cc1F. The van der Waals surface area contributed by atoms with Crippen molar-refractivity contribution in [1.82, 2.24) is 9.97 Å². The molecule has 11 heteroatoms. The molecule has 146 valence electrons. The normalized spacial score (nSPS) is 11.2. The number of rotatable bonds is 5. The highest BCUT2D eigenvalue weighted by molar-refractivity contribution is 5.80. The van der Waals surface area contributed by atoms with Crippen molar-refractivity contribution in [2.24, 2.45) is 0 Å². The maximum atomic E-state index is 13.8. The van der Waals surface area contributed by atoms with Crippen LogP contribution in [-0.2, 0) is 0 Å². The molecule has 3 rings (SSSR count). The molecule has 2 aromatic carbocycles. The number of alkyl halides is 3. The van der Waals surface area contributed by atoms with Crippen LogP contribution in [-0.4, -0.2) is 16.3 Å². The first-order chi connectivity index (χ1) is 13.2. The molecule has 0 atom stereocenters. The third-order valence-corrected chi connectivity index (χ3v) is 3.42. The predicted molar refractivity (Wildman–Crippen MR) is 92.5 cm³/mol. The molecule has 0 saturated heterocycles. The summed E-state index contributed by atoms with van der Waals surface area (Å²) in [5.41, 5.74) is 6.29. The van der Waals surface area contributed by atoms with Gasteiger partial charge in [0.2, 0.25) is 0 Å². The van der Waals surface area contributed by atoms with Gasteiger partial charge in [0.25, 0.3) is 0 Å². The number of benzene rings is 2. The molecule has 1 aromatic heterocycles. The van der Waals surface area contributed by atoms with Crippen molar-refractivity contribution >= 4 is 28.7 Å². The smallest absolute Gasteiger partial charge is 0.406 e. The molecule has 0 fully saturated rings. The summed E-state index contributed by atoms with van der Waals surface area (Å²) in [6.07, 6.45) is -3.65. The van der Waals surface area contributed by atoms with Crippen molar-refractivity contribution in [3.8, 4) is 5.75 Å². The topological polar surface area (TPSA) is 85.1 Å². The van der Waals surface area contributed by atoms with E-state index in [2.05, 4.69) is 25.3 Å². The molecular weight excluding hydrogens is 385 g/mol. The van der Waals surface area contributed by atoms with Crippen LogP contribution in [0.25, 0.3) is 0 Å². The Balaban J connectivity index is 1.77. The average molecular weight is 397 g/mol. The van der Waals surface area contributed by atoms with E-state index in [1.807, 2.05) is 0 Å². The van der Waals surface area contributed by atoms with Crippen LogP contribution in [0, 0.1) is 11.6 Å². The lowest BCUT2D eigenvalue weighted by Crippen LogP contribution is -2.17. The van der Waals surface area contributed by atoms with Gasteiger partial charge in [-0.3, -0.25) is 0 Å². The number of hydrogen-bond acceptors (Lipinski definition) is 6. The maximum Gasteiger partial charge on any atom is 0.573 e. The van der Waals surface area contributed by atoms with Gasteiger partial charge in [-0.25, -0.2) is 18.7 Å². The molecule has 4 N–H and O–H groups in total. The number of nitrogens with two attached hydrogens (primary N) is 1. The fraction of sp³-hybridized carbons (Fsp3) is 0.0588. The van der Waals surface area contributed by atoms with Crippen LogP contribution in [0.1, 0.15) is 0 Å². The Morgan fingerprint density at radius 2 is 1.54 bits per heavy atom. The molecular formula is C17H12F5N5O. The Labute approximate surface area is 155 Å². The number of hydrogen-bond donors (Lipinski definition) is 3. The molecule has 0 amide bonds. The highest BCUT2D eigenvalue weighted by Gasteiger charge is 2.30. The Bertz CT molecular complexity index is 979. The summed E-state index contributed by atoms with van der Waals surface area (Å²) >= 11 is 0. The van der Waals surface area contributed by atoms with E-state index < -0.39 is 18.0 Å². The minimum Gasteiger partial charge on any atom is -0.406 e. The van der Waals surface area contributed by atoms with Gasteiger partial charge in [0.05, 0.1) is 5.69 Å². The monoisotopic (exact) mass is 397 g/mol. The van der Waals surface area contributed by atoms with Gasteiger partial charge in [-0.2, -0.15) is 0 Å². The third-order valence-electron chi connectivity index (χ3n) is 3.42. The van der Waals surface area contributed by atoms with Crippen molar-refractivity contribution in [3.05, 3.63) is 60.4 Å². The van der Waals surface area contributed by atoms with Crippen molar-refractivity contribution in [1.29, 1.82) is 0 Å². The van der Waals surface area contributed by atoms with Gasteiger partial charge < -0.3 is 21.1 Å². The second-order valence-corrected chi connectivity index (χ2v) is 5.43. The van der Waals surface area contributed by atoms with Gasteiger partial charge in [-0.1, -0.05) is 0 Å². The number of nitrogen functional groups attached to an aromatic ring is 1. The highest BCUT2D eigenvalue weighted by atomic mass is 19.4. The number of nitrogens with one attached hydrogen (secondary N) is 2. The summed E-state index contributed by atoms with van der Waals surface area (Å²) in [5.74, 6) is -1.78. The van der Waals surface area contributed by atoms with E-state index in [-0.39, 0.29) is 28.8 Å². The molecule has 0 aliphatic carbocycles. The molecule has 0 bridgehead atoms. The lowest BCUT2D eigenvalue weighted by atomic mass is 10.2. The maximum absolute atomic E-state index is 13.8. The molecule has 0 unspecified atom stereocenters. The van der Waals surface area contributed by atoms with Crippen LogP contribution in [0.2, 0.25) is 0 Å². The van der Waals surface area contributed by atoms with E-state index in [9.17, 15) is 22.0 Å². The van der Waals surface area contributed by atoms with Crippen molar-refractivity contribution in [3.63, 3.8) is 0 Å². The van der Waals surface area contributed by atoms with E-state index in [4.69, 9.17) is 5.73 Å². The fourth-order valence-electron chi connectivity index (χ4n) is 2.19. The predicted octanol–water partition coefficient (Wildman–Crippen LogP) is 4.72. The van der Waals surface area contributed by atoms with Crippen molar-refractivity contribution < 1.29 is 26.7 Å². The zero-order chi connectivity index (χ0) is 20.3. The first kappa shape index (κ1) is 19.1. The second-order valence-electron chi connectivity index (χ2n) is 5.43. The van der Waals surface area contributed by atoms with Crippen LogP contribution >= 0.6 is 0 Å². The summed E-state index contributed by atoms with van der Waals surface area (Å²) in [4.78, 5) is 7.84. The number of nitrogens with zero attached hydrogens (tertiary/aromatic N) is 2. The first-order valence-corrected chi connectivity index (χ1v) is 7.66. The van der Waals surface area contributed by atoms with Gasteiger partial charge in [-0.15, -0.1) is 13.2 Å². The standard InChI is InChI=1S/C17H12F5N5O/c18-9-1-6-13(12(19)7-9)27-16-14(23)15(24-8-25-16)26-10-2-4-11(5-3-10)28-17(20,21)22/h1-8H,23H2,(H2,24,25,26,27). The van der Waals surface area contributed by atoms with E-state index >= 15 is 0 Å². The highest BCUT2D eigenvalue weighted by Crippen LogP contribution is 2.30. The summed E-state index contributed by atoms with van der Waals surface area (Å²) in [6.45, 7) is 0. The van der Waals surface area contributed by atoms with Gasteiger partial charge >= 0.3 is 6.36 Å². The Kier molecular flexibility index (Phi) is 5.16. The third kappa shape index (κ3) is 4.75. The van der Waals surface area contributed by atoms with E-state index in [0.717, 1.165) is 24.5 Å². The van der Waals surface area contributed by atoms with Crippen molar-refractivity contribution in [2.45, 2.75) is 6.36 Å². The fourth-order valence-corrected chi connectivity index (χ4v) is 2.19. The lowest BCUT2D eigenvalue weighted by Gasteiger charge is -2.13. The van der Waals surface area contributed by atoms with Crippen LogP contribution in [0.3, 0.4) is 0 Å². The molecule has 1 heterocycles. The van der Waals surface area contributed by atoms with Crippen LogP contribution < -0.4 is 21.1 Å². The molecule has 6 nitrogen and oxygen atoms in total. The number of halogens is 5. The van der Waals surface area contributed by atoms with E-state index in [0.29, 0.717) is 11.8 Å². The zero-order valence-corrected chi connectivity index (χ0v) is 13.9. The lowest BCUT2D eigenvalue weighted by molar-refractivity contribution is -0.274. The van der Waals surface area contributed by atoms with Gasteiger partial charge in [-0.05, 0) is 36.4 Å². The quantitative estimate of drug-likeness (QED) is 0.540.